The summed E-state index contributed by atoms with van der Waals surface area (Å²) in [6.45, 7) is 3.06. The summed E-state index contributed by atoms with van der Waals surface area (Å²) in [5, 5.41) is 6.50. The molecular weight excluding hydrogens is 394 g/mol. The Labute approximate surface area is 174 Å². The quantitative estimate of drug-likeness (QED) is 0.794. The Kier molecular flexibility index (Phi) is 5.52. The maximum Gasteiger partial charge on any atom is 0.255 e. The van der Waals surface area contributed by atoms with Crippen LogP contribution in [0.3, 0.4) is 0 Å². The summed E-state index contributed by atoms with van der Waals surface area (Å²) in [5.74, 6) is 1.55. The van der Waals surface area contributed by atoms with Crippen LogP contribution in [-0.2, 0) is 0 Å². The van der Waals surface area contributed by atoms with Gasteiger partial charge in [-0.3, -0.25) is 9.59 Å². The largest absolute Gasteiger partial charge is 0.486 e. The van der Waals surface area contributed by atoms with Crippen molar-refractivity contribution in [3.8, 4) is 11.5 Å². The SMILES string of the molecule is Cl.O=C(NC[C@H]1[C@@H]2CNC[C@@H](C2)c2cccc(=O)n21)c1cccc2c1OCCO2. The van der Waals surface area contributed by atoms with E-state index < -0.39 is 0 Å². The van der Waals surface area contributed by atoms with E-state index in [4.69, 9.17) is 9.47 Å². The molecule has 2 aromatic rings. The zero-order chi connectivity index (χ0) is 19.1. The van der Waals surface area contributed by atoms with Gasteiger partial charge in [-0.25, -0.2) is 0 Å². The number of piperidine rings is 1. The van der Waals surface area contributed by atoms with E-state index in [1.807, 2.05) is 16.7 Å². The van der Waals surface area contributed by atoms with Crippen molar-refractivity contribution in [3.05, 3.63) is 58.0 Å². The Hall–Kier alpha value is -2.51. The number of benzene rings is 1. The van der Waals surface area contributed by atoms with Crippen LogP contribution >= 0.6 is 12.4 Å². The number of hydrogen-bond donors (Lipinski definition) is 2. The van der Waals surface area contributed by atoms with Crippen LogP contribution in [0.15, 0.2) is 41.2 Å². The third-order valence-electron chi connectivity index (χ3n) is 5.98. The highest BCUT2D eigenvalue weighted by Crippen LogP contribution is 2.38. The second-order valence-corrected chi connectivity index (χ2v) is 7.62. The van der Waals surface area contributed by atoms with Crippen molar-refractivity contribution >= 4 is 18.3 Å². The Balaban J connectivity index is 0.00000205. The van der Waals surface area contributed by atoms with E-state index in [0.717, 1.165) is 25.2 Å². The van der Waals surface area contributed by atoms with E-state index in [1.165, 1.54) is 0 Å². The fourth-order valence-electron chi connectivity index (χ4n) is 4.71. The molecule has 2 N–H and O–H groups in total. The van der Waals surface area contributed by atoms with Crippen LogP contribution in [0.25, 0.3) is 0 Å². The predicted octanol–water partition coefficient (Wildman–Crippen LogP) is 1.72. The molecule has 2 bridgehead atoms. The summed E-state index contributed by atoms with van der Waals surface area (Å²) in [5.41, 5.74) is 1.53. The Morgan fingerprint density at radius 2 is 1.97 bits per heavy atom. The Bertz CT molecular complexity index is 977. The van der Waals surface area contributed by atoms with Gasteiger partial charge in [-0.2, -0.15) is 0 Å². The normalized spacial score (nSPS) is 24.1. The number of carbonyl (C=O) groups is 1. The highest BCUT2D eigenvalue weighted by molar-refractivity contribution is 5.97. The van der Waals surface area contributed by atoms with Crippen molar-refractivity contribution in [2.45, 2.75) is 18.4 Å². The van der Waals surface area contributed by atoms with Gasteiger partial charge in [0.15, 0.2) is 11.5 Å². The number of amides is 1. The summed E-state index contributed by atoms with van der Waals surface area (Å²) in [7, 11) is 0. The van der Waals surface area contributed by atoms with Crippen LogP contribution in [0.4, 0.5) is 0 Å². The molecule has 1 saturated heterocycles. The average Bonchev–Trinajstić information content (AvgIpc) is 2.74. The van der Waals surface area contributed by atoms with Crippen LogP contribution in [-0.4, -0.2) is 43.3 Å². The fraction of sp³-hybridized carbons (Fsp3) is 0.429. The smallest absolute Gasteiger partial charge is 0.255 e. The van der Waals surface area contributed by atoms with Gasteiger partial charge in [-0.05, 0) is 30.5 Å². The van der Waals surface area contributed by atoms with Crippen molar-refractivity contribution in [2.75, 3.05) is 32.8 Å². The lowest BCUT2D eigenvalue weighted by molar-refractivity contribution is 0.0921. The number of rotatable bonds is 3. The van der Waals surface area contributed by atoms with Gasteiger partial charge in [0.25, 0.3) is 11.5 Å². The van der Waals surface area contributed by atoms with Gasteiger partial charge >= 0.3 is 0 Å². The number of fused-ring (bicyclic) bond motifs is 5. The van der Waals surface area contributed by atoms with Gasteiger partial charge in [0.2, 0.25) is 0 Å². The highest BCUT2D eigenvalue weighted by Gasteiger charge is 2.38. The summed E-state index contributed by atoms with van der Waals surface area (Å²) in [6.07, 6.45) is 1.04. The van der Waals surface area contributed by atoms with Crippen molar-refractivity contribution in [1.82, 2.24) is 15.2 Å². The van der Waals surface area contributed by atoms with E-state index in [0.29, 0.717) is 48.7 Å². The van der Waals surface area contributed by atoms with Crippen molar-refractivity contribution in [2.24, 2.45) is 5.92 Å². The number of nitrogens with one attached hydrogen (secondary N) is 2. The van der Waals surface area contributed by atoms with E-state index in [1.54, 1.807) is 24.3 Å². The first kappa shape index (κ1) is 19.8. The summed E-state index contributed by atoms with van der Waals surface area (Å²) < 4.78 is 13.1. The van der Waals surface area contributed by atoms with E-state index >= 15 is 0 Å². The topological polar surface area (TPSA) is 81.6 Å². The fourth-order valence-corrected chi connectivity index (χ4v) is 4.71. The van der Waals surface area contributed by atoms with E-state index in [-0.39, 0.29) is 29.9 Å². The number of hydrogen-bond acceptors (Lipinski definition) is 5. The summed E-state index contributed by atoms with van der Waals surface area (Å²) in [4.78, 5) is 25.5. The molecule has 7 nitrogen and oxygen atoms in total. The van der Waals surface area contributed by atoms with Crippen LogP contribution in [0.1, 0.15) is 34.4 Å². The highest BCUT2D eigenvalue weighted by atomic mass is 35.5. The molecule has 0 aliphatic carbocycles. The van der Waals surface area contributed by atoms with Crippen molar-refractivity contribution in [3.63, 3.8) is 0 Å². The first-order valence-corrected chi connectivity index (χ1v) is 9.81. The van der Waals surface area contributed by atoms with E-state index in [2.05, 4.69) is 10.6 Å². The number of carbonyl (C=O) groups excluding carboxylic acids is 1. The van der Waals surface area contributed by atoms with Crippen LogP contribution < -0.4 is 25.7 Å². The second kappa shape index (κ2) is 8.08. The van der Waals surface area contributed by atoms with Gasteiger partial charge in [0.1, 0.15) is 13.2 Å². The monoisotopic (exact) mass is 417 g/mol. The third-order valence-corrected chi connectivity index (χ3v) is 5.98. The molecule has 0 spiro atoms. The Morgan fingerprint density at radius 3 is 2.86 bits per heavy atom. The minimum absolute atomic E-state index is 0. The molecule has 5 rings (SSSR count). The molecule has 1 aromatic carbocycles. The van der Waals surface area contributed by atoms with Gasteiger partial charge in [0, 0.05) is 37.3 Å². The van der Waals surface area contributed by atoms with Crippen LogP contribution in [0, 0.1) is 5.92 Å². The van der Waals surface area contributed by atoms with Crippen LogP contribution in [0.2, 0.25) is 0 Å². The molecule has 3 aliphatic rings. The molecule has 1 amide bonds. The van der Waals surface area contributed by atoms with Crippen molar-refractivity contribution < 1.29 is 14.3 Å². The predicted molar refractivity (Wildman–Crippen MR) is 110 cm³/mol. The van der Waals surface area contributed by atoms with E-state index in [9.17, 15) is 9.59 Å². The Morgan fingerprint density at radius 1 is 1.14 bits per heavy atom. The molecule has 8 heteroatoms. The molecule has 3 atom stereocenters. The number of para-hydroxylation sites is 1. The van der Waals surface area contributed by atoms with Crippen LogP contribution in [0.5, 0.6) is 11.5 Å². The molecule has 0 unspecified atom stereocenters. The molecule has 1 aromatic heterocycles. The number of ether oxygens (including phenoxy) is 2. The first-order chi connectivity index (χ1) is 13.7. The first-order valence-electron chi connectivity index (χ1n) is 9.81. The standard InChI is InChI=1S/C21H23N3O4.ClH/c25-19-6-2-4-16-13-9-14(11-22-10-13)17(24(16)19)12-23-21(26)15-3-1-5-18-20(15)28-8-7-27-18;/h1-6,13-14,17,22H,7-12H2,(H,23,26);1H/t13-,14+,17+;/m1./s1. The molecule has 4 heterocycles. The average molecular weight is 418 g/mol. The molecule has 29 heavy (non-hydrogen) atoms. The molecule has 0 saturated carbocycles. The van der Waals surface area contributed by atoms with Gasteiger partial charge in [-0.15, -0.1) is 12.4 Å². The lowest BCUT2D eigenvalue weighted by Gasteiger charge is -2.43. The summed E-state index contributed by atoms with van der Waals surface area (Å²) >= 11 is 0. The maximum atomic E-state index is 12.9. The molecule has 3 aliphatic heterocycles. The zero-order valence-corrected chi connectivity index (χ0v) is 16.7. The minimum atomic E-state index is -0.209. The lowest BCUT2D eigenvalue weighted by Crippen LogP contribution is -2.50. The number of aromatic nitrogens is 1. The molecule has 1 fully saturated rings. The number of halogens is 1. The third kappa shape index (κ3) is 3.49. The molecular formula is C21H24ClN3O4. The second-order valence-electron chi connectivity index (χ2n) is 7.62. The number of nitrogens with zero attached hydrogens (tertiary/aromatic N) is 1. The minimum Gasteiger partial charge on any atom is -0.486 e. The molecule has 0 radical (unpaired) electrons. The lowest BCUT2D eigenvalue weighted by atomic mass is 9.79. The van der Waals surface area contributed by atoms with Crippen molar-refractivity contribution in [1.29, 1.82) is 0 Å². The molecule has 154 valence electrons. The maximum absolute atomic E-state index is 12.9. The zero-order valence-electron chi connectivity index (χ0n) is 15.9. The van der Waals surface area contributed by atoms with Gasteiger partial charge < -0.3 is 24.7 Å². The van der Waals surface area contributed by atoms with Gasteiger partial charge in [-0.1, -0.05) is 12.1 Å². The van der Waals surface area contributed by atoms with Gasteiger partial charge in [0.05, 0.1) is 11.6 Å². The summed E-state index contributed by atoms with van der Waals surface area (Å²) in [6, 6.07) is 10.7. The number of pyridine rings is 1.